The summed E-state index contributed by atoms with van der Waals surface area (Å²) in [5.41, 5.74) is 3.15. The minimum Gasteiger partial charge on any atom is -0.378 e. The molecule has 1 saturated heterocycles. The number of morpholine rings is 1. The maximum absolute atomic E-state index is 11.5. The minimum absolute atomic E-state index is 0.255. The molecule has 1 aromatic heterocycles. The number of hydrogen-bond donors (Lipinski definition) is 2. The predicted octanol–water partition coefficient (Wildman–Crippen LogP) is 2.50. The molecule has 2 aliphatic rings. The molecule has 3 heterocycles. The van der Waals surface area contributed by atoms with Crippen molar-refractivity contribution in [2.24, 2.45) is 0 Å². The van der Waals surface area contributed by atoms with E-state index >= 15 is 0 Å². The highest BCUT2D eigenvalue weighted by Gasteiger charge is 2.37. The number of benzene rings is 1. The third kappa shape index (κ3) is 3.53. The zero-order chi connectivity index (χ0) is 19.7. The van der Waals surface area contributed by atoms with E-state index in [1.165, 1.54) is 0 Å². The van der Waals surface area contributed by atoms with Crippen LogP contribution in [0.15, 0.2) is 24.3 Å². The van der Waals surface area contributed by atoms with Gasteiger partial charge in [-0.25, -0.2) is 14.8 Å². The topological polar surface area (TPSA) is 88.6 Å². The largest absolute Gasteiger partial charge is 0.378 e. The van der Waals surface area contributed by atoms with E-state index in [1.54, 1.807) is 7.05 Å². The number of carbonyl (C=O) groups is 1. The number of nitrogens with zero attached hydrogens (tertiary/aromatic N) is 3. The molecule has 2 aliphatic heterocycles. The molecule has 0 radical (unpaired) electrons. The summed E-state index contributed by atoms with van der Waals surface area (Å²) in [7, 11) is 1.58. The Morgan fingerprint density at radius 2 is 1.86 bits per heavy atom. The molecule has 0 saturated carbocycles. The lowest BCUT2D eigenvalue weighted by molar-refractivity contribution is -0.0100. The first-order valence-corrected chi connectivity index (χ1v) is 9.45. The van der Waals surface area contributed by atoms with Gasteiger partial charge in [0.15, 0.2) is 5.82 Å². The normalized spacial score (nSPS) is 17.9. The fourth-order valence-corrected chi connectivity index (χ4v) is 3.49. The molecule has 8 nitrogen and oxygen atoms in total. The van der Waals surface area contributed by atoms with Crippen molar-refractivity contribution in [1.82, 2.24) is 15.3 Å². The Balaban J connectivity index is 1.72. The molecule has 2 amide bonds. The molecule has 1 aromatic carbocycles. The zero-order valence-electron chi connectivity index (χ0n) is 16.4. The Morgan fingerprint density at radius 3 is 2.54 bits per heavy atom. The molecule has 148 valence electrons. The summed E-state index contributed by atoms with van der Waals surface area (Å²) in [4.78, 5) is 23.5. The highest BCUT2D eigenvalue weighted by atomic mass is 16.5. The number of ether oxygens (including phenoxy) is 2. The molecular formula is C20H25N5O3. The van der Waals surface area contributed by atoms with Gasteiger partial charge in [0.25, 0.3) is 0 Å². The lowest BCUT2D eigenvalue weighted by Gasteiger charge is -2.29. The maximum Gasteiger partial charge on any atom is 0.318 e. The van der Waals surface area contributed by atoms with Crippen molar-refractivity contribution < 1.29 is 14.3 Å². The number of hydrogen-bond acceptors (Lipinski definition) is 6. The van der Waals surface area contributed by atoms with Gasteiger partial charge < -0.3 is 25.0 Å². The Kier molecular flexibility index (Phi) is 4.91. The van der Waals surface area contributed by atoms with E-state index < -0.39 is 5.60 Å². The van der Waals surface area contributed by atoms with E-state index in [2.05, 4.69) is 15.5 Å². The standard InChI is InChI=1S/C20H25N5O3/c1-20(2)16-15(12-28-20)18(25-8-10-27-11-9-25)24-17(23-16)13-4-6-14(7-5-13)22-19(26)21-3/h4-7H,8-12H2,1-3H3,(H2,21,22,26). The fourth-order valence-electron chi connectivity index (χ4n) is 3.49. The molecule has 2 N–H and O–H groups in total. The van der Waals surface area contributed by atoms with Crippen LogP contribution in [0, 0.1) is 0 Å². The van der Waals surface area contributed by atoms with Crippen molar-refractivity contribution in [1.29, 1.82) is 0 Å². The second kappa shape index (κ2) is 7.37. The van der Waals surface area contributed by atoms with Gasteiger partial charge in [0.1, 0.15) is 11.4 Å². The molecule has 0 unspecified atom stereocenters. The van der Waals surface area contributed by atoms with Crippen LogP contribution < -0.4 is 15.5 Å². The number of carbonyl (C=O) groups excluding carboxylic acids is 1. The molecule has 28 heavy (non-hydrogen) atoms. The molecule has 0 spiro atoms. The van der Waals surface area contributed by atoms with E-state index in [0.29, 0.717) is 31.3 Å². The fraction of sp³-hybridized carbons (Fsp3) is 0.450. The first-order chi connectivity index (χ1) is 13.5. The summed E-state index contributed by atoms with van der Waals surface area (Å²) in [5, 5.41) is 5.29. The molecule has 8 heteroatoms. The Labute approximate surface area is 164 Å². The van der Waals surface area contributed by atoms with Gasteiger partial charge in [0, 0.05) is 37.0 Å². The third-order valence-electron chi connectivity index (χ3n) is 5.07. The summed E-state index contributed by atoms with van der Waals surface area (Å²) in [5.74, 6) is 1.59. The maximum atomic E-state index is 11.5. The van der Waals surface area contributed by atoms with Crippen molar-refractivity contribution >= 4 is 17.5 Å². The monoisotopic (exact) mass is 383 g/mol. The third-order valence-corrected chi connectivity index (χ3v) is 5.07. The van der Waals surface area contributed by atoms with Gasteiger partial charge in [-0.3, -0.25) is 0 Å². The first kappa shape index (κ1) is 18.6. The highest BCUT2D eigenvalue weighted by molar-refractivity contribution is 5.89. The SMILES string of the molecule is CNC(=O)Nc1ccc(-c2nc(N3CCOCC3)c3c(n2)C(C)(C)OC3)cc1. The number of rotatable bonds is 3. The lowest BCUT2D eigenvalue weighted by Crippen LogP contribution is -2.37. The van der Waals surface area contributed by atoms with Crippen molar-refractivity contribution in [3.8, 4) is 11.4 Å². The van der Waals surface area contributed by atoms with E-state index in [1.807, 2.05) is 38.1 Å². The van der Waals surface area contributed by atoms with Crippen LogP contribution in [0.4, 0.5) is 16.3 Å². The van der Waals surface area contributed by atoms with E-state index in [0.717, 1.165) is 35.7 Å². The molecule has 0 atom stereocenters. The lowest BCUT2D eigenvalue weighted by atomic mass is 10.0. The Morgan fingerprint density at radius 1 is 1.14 bits per heavy atom. The Bertz CT molecular complexity index is 876. The van der Waals surface area contributed by atoms with Crippen molar-refractivity contribution in [3.05, 3.63) is 35.5 Å². The summed E-state index contributed by atoms with van der Waals surface area (Å²) >= 11 is 0. The van der Waals surface area contributed by atoms with Crippen LogP contribution in [0.2, 0.25) is 0 Å². The number of urea groups is 1. The summed E-state index contributed by atoms with van der Waals surface area (Å²) in [6.07, 6.45) is 0. The van der Waals surface area contributed by atoms with Gasteiger partial charge in [0.2, 0.25) is 0 Å². The van der Waals surface area contributed by atoms with Crippen LogP contribution >= 0.6 is 0 Å². The van der Waals surface area contributed by atoms with Gasteiger partial charge in [0.05, 0.1) is 25.5 Å². The zero-order valence-corrected chi connectivity index (χ0v) is 16.4. The van der Waals surface area contributed by atoms with Crippen LogP contribution in [0.25, 0.3) is 11.4 Å². The molecule has 2 aromatic rings. The smallest absolute Gasteiger partial charge is 0.318 e. The number of fused-ring (bicyclic) bond motifs is 1. The van der Waals surface area contributed by atoms with Crippen LogP contribution in [0.1, 0.15) is 25.1 Å². The summed E-state index contributed by atoms with van der Waals surface area (Å²) in [6, 6.07) is 7.27. The molecule has 4 rings (SSSR count). The average Bonchev–Trinajstić information content (AvgIpc) is 3.03. The van der Waals surface area contributed by atoms with Gasteiger partial charge in [-0.15, -0.1) is 0 Å². The van der Waals surface area contributed by atoms with Crippen molar-refractivity contribution in [2.75, 3.05) is 43.6 Å². The summed E-state index contributed by atoms with van der Waals surface area (Å²) < 4.78 is 11.5. The predicted molar refractivity (Wildman–Crippen MR) is 106 cm³/mol. The number of anilines is 2. The molecule has 1 fully saturated rings. The van der Waals surface area contributed by atoms with Crippen molar-refractivity contribution in [3.63, 3.8) is 0 Å². The first-order valence-electron chi connectivity index (χ1n) is 9.45. The number of aromatic nitrogens is 2. The van der Waals surface area contributed by atoms with E-state index in [-0.39, 0.29) is 6.03 Å². The van der Waals surface area contributed by atoms with Gasteiger partial charge in [-0.2, -0.15) is 0 Å². The van der Waals surface area contributed by atoms with Crippen LogP contribution in [-0.4, -0.2) is 49.4 Å². The minimum atomic E-state index is -0.450. The van der Waals surface area contributed by atoms with Gasteiger partial charge >= 0.3 is 6.03 Å². The van der Waals surface area contributed by atoms with E-state index in [9.17, 15) is 4.79 Å². The van der Waals surface area contributed by atoms with Gasteiger partial charge in [-0.1, -0.05) is 0 Å². The second-order valence-electron chi connectivity index (χ2n) is 7.38. The van der Waals surface area contributed by atoms with Crippen LogP contribution in [-0.2, 0) is 21.7 Å². The van der Waals surface area contributed by atoms with Crippen LogP contribution in [0.3, 0.4) is 0 Å². The van der Waals surface area contributed by atoms with Crippen molar-refractivity contribution in [2.45, 2.75) is 26.1 Å². The number of amides is 2. The molecule has 0 bridgehead atoms. The summed E-state index contributed by atoms with van der Waals surface area (Å²) in [6.45, 7) is 7.58. The van der Waals surface area contributed by atoms with Crippen LogP contribution in [0.5, 0.6) is 0 Å². The quantitative estimate of drug-likeness (QED) is 0.847. The highest BCUT2D eigenvalue weighted by Crippen LogP contribution is 2.40. The van der Waals surface area contributed by atoms with E-state index in [4.69, 9.17) is 19.4 Å². The van der Waals surface area contributed by atoms with Gasteiger partial charge in [-0.05, 0) is 38.1 Å². The Hall–Kier alpha value is -2.71. The molecule has 0 aliphatic carbocycles. The second-order valence-corrected chi connectivity index (χ2v) is 7.38. The number of nitrogens with one attached hydrogen (secondary N) is 2. The average molecular weight is 383 g/mol. The molecular weight excluding hydrogens is 358 g/mol.